The monoisotopic (exact) mass is 325 g/mol. The molecule has 4 nitrogen and oxygen atoms in total. The van der Waals surface area contributed by atoms with E-state index in [9.17, 15) is 9.59 Å². The van der Waals surface area contributed by atoms with Crippen LogP contribution in [0.15, 0.2) is 41.3 Å². The lowest BCUT2D eigenvalue weighted by molar-refractivity contribution is -0.140. The summed E-state index contributed by atoms with van der Waals surface area (Å²) in [4.78, 5) is 23.9. The Morgan fingerprint density at radius 2 is 2.00 bits per heavy atom. The highest BCUT2D eigenvalue weighted by Crippen LogP contribution is 2.25. The molecular formula is C15H16ClNO3S. The average molecular weight is 326 g/mol. The van der Waals surface area contributed by atoms with Gasteiger partial charge in [0.25, 0.3) is 0 Å². The molecule has 0 fully saturated rings. The number of carbonyl (C=O) groups is 2. The zero-order valence-electron chi connectivity index (χ0n) is 11.5. The van der Waals surface area contributed by atoms with Gasteiger partial charge in [0, 0.05) is 16.0 Å². The zero-order valence-corrected chi connectivity index (χ0v) is 13.0. The maximum Gasteiger partial charge on any atom is 0.310 e. The first-order chi connectivity index (χ1) is 9.95. The van der Waals surface area contributed by atoms with Crippen LogP contribution in [0.4, 0.5) is 0 Å². The number of thioether (sulfide) groups is 1. The molecule has 0 spiro atoms. The Hall–Kier alpha value is -1.46. The van der Waals surface area contributed by atoms with Gasteiger partial charge in [-0.05, 0) is 37.6 Å². The Balaban J connectivity index is 1.85. The summed E-state index contributed by atoms with van der Waals surface area (Å²) < 4.78 is 0. The predicted molar refractivity (Wildman–Crippen MR) is 83.6 cm³/mol. The molecule has 0 heterocycles. The number of carbonyl (C=O) groups excluding carboxylic acids is 1. The molecule has 1 aromatic rings. The highest BCUT2D eigenvalue weighted by molar-refractivity contribution is 8.00. The van der Waals surface area contributed by atoms with Crippen molar-refractivity contribution in [3.8, 4) is 0 Å². The van der Waals surface area contributed by atoms with E-state index in [1.54, 1.807) is 24.3 Å². The van der Waals surface area contributed by atoms with Gasteiger partial charge in [0.2, 0.25) is 5.91 Å². The Bertz CT molecular complexity index is 559. The van der Waals surface area contributed by atoms with Crippen molar-refractivity contribution in [1.82, 2.24) is 5.32 Å². The van der Waals surface area contributed by atoms with Gasteiger partial charge in [0.05, 0.1) is 11.2 Å². The average Bonchev–Trinajstić information content (AvgIpc) is 2.90. The second-order valence-electron chi connectivity index (χ2n) is 4.89. The molecule has 0 saturated heterocycles. The van der Waals surface area contributed by atoms with Crippen LogP contribution in [0.1, 0.15) is 13.3 Å². The number of halogens is 1. The highest BCUT2D eigenvalue weighted by Gasteiger charge is 2.26. The fourth-order valence-corrected chi connectivity index (χ4v) is 3.06. The van der Waals surface area contributed by atoms with Crippen molar-refractivity contribution in [2.75, 3.05) is 0 Å². The molecule has 21 heavy (non-hydrogen) atoms. The normalized spacial score (nSPS) is 22.0. The summed E-state index contributed by atoms with van der Waals surface area (Å²) in [6.45, 7) is 1.82. The summed E-state index contributed by atoms with van der Waals surface area (Å²) in [5.41, 5.74) is 0. The largest absolute Gasteiger partial charge is 0.481 e. The number of nitrogens with one attached hydrogen (secondary N) is 1. The van der Waals surface area contributed by atoms with E-state index in [1.807, 2.05) is 19.1 Å². The number of benzene rings is 1. The van der Waals surface area contributed by atoms with Crippen LogP contribution in [0.3, 0.4) is 0 Å². The molecule has 1 amide bonds. The zero-order chi connectivity index (χ0) is 15.4. The van der Waals surface area contributed by atoms with E-state index >= 15 is 0 Å². The van der Waals surface area contributed by atoms with Gasteiger partial charge in [-0.1, -0.05) is 23.8 Å². The summed E-state index contributed by atoms with van der Waals surface area (Å²) in [6.07, 6.45) is 3.79. The van der Waals surface area contributed by atoms with Crippen LogP contribution in [0, 0.1) is 5.92 Å². The SMILES string of the molecule is CC(Sc1ccc(Cl)cc1)C(=O)NC1C=CC(C(=O)O)C1. The topological polar surface area (TPSA) is 66.4 Å². The minimum atomic E-state index is -0.855. The molecule has 0 radical (unpaired) electrons. The summed E-state index contributed by atoms with van der Waals surface area (Å²) in [5, 5.41) is 12.2. The van der Waals surface area contributed by atoms with Gasteiger partial charge in [-0.15, -0.1) is 11.8 Å². The van der Waals surface area contributed by atoms with Crippen LogP contribution in [0.5, 0.6) is 0 Å². The maximum atomic E-state index is 12.1. The number of carboxylic acid groups (broad SMARTS) is 1. The van der Waals surface area contributed by atoms with Crippen LogP contribution in [-0.2, 0) is 9.59 Å². The third kappa shape index (κ3) is 4.51. The van der Waals surface area contributed by atoms with Gasteiger partial charge in [0.15, 0.2) is 0 Å². The van der Waals surface area contributed by atoms with E-state index < -0.39 is 11.9 Å². The number of carboxylic acids is 1. The third-order valence-electron chi connectivity index (χ3n) is 3.22. The lowest BCUT2D eigenvalue weighted by Gasteiger charge is -2.16. The molecule has 0 saturated carbocycles. The Kier molecular flexibility index (Phi) is 5.31. The molecule has 112 valence electrons. The van der Waals surface area contributed by atoms with Crippen molar-refractivity contribution < 1.29 is 14.7 Å². The second kappa shape index (κ2) is 7.00. The number of aliphatic carboxylic acids is 1. The van der Waals surface area contributed by atoms with E-state index in [1.165, 1.54) is 11.8 Å². The molecule has 3 atom stereocenters. The van der Waals surface area contributed by atoms with Gasteiger partial charge in [-0.3, -0.25) is 9.59 Å². The predicted octanol–water partition coefficient (Wildman–Crippen LogP) is 2.97. The highest BCUT2D eigenvalue weighted by atomic mass is 35.5. The summed E-state index contributed by atoms with van der Waals surface area (Å²) >= 11 is 7.26. The maximum absolute atomic E-state index is 12.1. The number of amides is 1. The summed E-state index contributed by atoms with van der Waals surface area (Å²) in [5.74, 6) is -1.46. The number of hydrogen-bond acceptors (Lipinski definition) is 3. The van der Waals surface area contributed by atoms with Crippen molar-refractivity contribution in [1.29, 1.82) is 0 Å². The summed E-state index contributed by atoms with van der Waals surface area (Å²) in [7, 11) is 0. The first-order valence-electron chi connectivity index (χ1n) is 6.59. The number of hydrogen-bond donors (Lipinski definition) is 2. The standard InChI is InChI=1S/C15H16ClNO3S/c1-9(21-13-6-3-11(16)4-7-13)14(18)17-12-5-2-10(8-12)15(19)20/h2-7,9-10,12H,8H2,1H3,(H,17,18)(H,19,20). The van der Waals surface area contributed by atoms with E-state index in [0.717, 1.165) is 4.90 Å². The molecule has 6 heteroatoms. The molecular weight excluding hydrogens is 310 g/mol. The first kappa shape index (κ1) is 15.9. The molecule has 2 N–H and O–H groups in total. The molecule has 0 bridgehead atoms. The lowest BCUT2D eigenvalue weighted by atomic mass is 10.1. The number of rotatable bonds is 5. The van der Waals surface area contributed by atoms with Crippen LogP contribution >= 0.6 is 23.4 Å². The van der Waals surface area contributed by atoms with Gasteiger partial charge in [0.1, 0.15) is 0 Å². The van der Waals surface area contributed by atoms with E-state index in [2.05, 4.69) is 5.32 Å². The van der Waals surface area contributed by atoms with Gasteiger partial charge < -0.3 is 10.4 Å². The van der Waals surface area contributed by atoms with Crippen LogP contribution in [0.2, 0.25) is 5.02 Å². The fourth-order valence-electron chi connectivity index (χ4n) is 2.06. The van der Waals surface area contributed by atoms with E-state index in [4.69, 9.17) is 16.7 Å². The molecule has 0 aliphatic heterocycles. The van der Waals surface area contributed by atoms with Crippen LogP contribution in [-0.4, -0.2) is 28.3 Å². The molecule has 3 unspecified atom stereocenters. The molecule has 1 aliphatic carbocycles. The minimum Gasteiger partial charge on any atom is -0.481 e. The van der Waals surface area contributed by atoms with Gasteiger partial charge in [-0.2, -0.15) is 0 Å². The van der Waals surface area contributed by atoms with Crippen molar-refractivity contribution in [2.45, 2.75) is 29.5 Å². The van der Waals surface area contributed by atoms with Gasteiger partial charge >= 0.3 is 5.97 Å². The Labute approximate surface area is 132 Å². The first-order valence-corrected chi connectivity index (χ1v) is 7.85. The van der Waals surface area contributed by atoms with Crippen molar-refractivity contribution in [3.05, 3.63) is 41.4 Å². The molecule has 1 aromatic carbocycles. The van der Waals surface area contributed by atoms with Crippen molar-refractivity contribution in [3.63, 3.8) is 0 Å². The summed E-state index contributed by atoms with van der Waals surface area (Å²) in [6, 6.07) is 7.10. The fraction of sp³-hybridized carbons (Fsp3) is 0.333. The second-order valence-corrected chi connectivity index (χ2v) is 6.75. The van der Waals surface area contributed by atoms with Crippen LogP contribution in [0.25, 0.3) is 0 Å². The third-order valence-corrected chi connectivity index (χ3v) is 4.59. The molecule has 2 rings (SSSR count). The van der Waals surface area contributed by atoms with Gasteiger partial charge in [-0.25, -0.2) is 0 Å². The van der Waals surface area contributed by atoms with Crippen LogP contribution < -0.4 is 5.32 Å². The molecule has 1 aliphatic rings. The van der Waals surface area contributed by atoms with Crippen molar-refractivity contribution in [2.24, 2.45) is 5.92 Å². The molecule has 0 aromatic heterocycles. The quantitative estimate of drug-likeness (QED) is 0.645. The Morgan fingerprint density at radius 1 is 1.33 bits per heavy atom. The Morgan fingerprint density at radius 3 is 2.57 bits per heavy atom. The van der Waals surface area contributed by atoms with Crippen molar-refractivity contribution >= 4 is 35.2 Å². The smallest absolute Gasteiger partial charge is 0.310 e. The van der Waals surface area contributed by atoms with E-state index in [0.29, 0.717) is 11.4 Å². The lowest BCUT2D eigenvalue weighted by Crippen LogP contribution is -2.38. The van der Waals surface area contributed by atoms with E-state index in [-0.39, 0.29) is 17.2 Å². The minimum absolute atomic E-state index is 0.101.